The lowest BCUT2D eigenvalue weighted by atomic mass is 10.0. The van der Waals surface area contributed by atoms with Gasteiger partial charge in [0.25, 0.3) is 5.91 Å². The van der Waals surface area contributed by atoms with E-state index in [-0.39, 0.29) is 24.9 Å². The van der Waals surface area contributed by atoms with Crippen molar-refractivity contribution in [1.82, 2.24) is 21.5 Å². The number of rotatable bonds is 11. The molecule has 0 radical (unpaired) electrons. The normalized spacial score (nSPS) is 12.5. The average molecular weight is 463 g/mol. The van der Waals surface area contributed by atoms with Gasteiger partial charge in [-0.15, -0.1) is 0 Å². The highest BCUT2D eigenvalue weighted by Gasteiger charge is 2.28. The number of alkyl carbamates (subject to hydrolysis) is 1. The molecule has 0 saturated carbocycles. The first-order valence-electron chi connectivity index (χ1n) is 10.9. The van der Waals surface area contributed by atoms with Crippen molar-refractivity contribution in [3.8, 4) is 0 Å². The summed E-state index contributed by atoms with van der Waals surface area (Å²) < 4.78 is 5.21. The highest BCUT2D eigenvalue weighted by atomic mass is 16.5. The van der Waals surface area contributed by atoms with E-state index in [1.54, 1.807) is 0 Å². The largest absolute Gasteiger partial charge is 0.445 e. The summed E-state index contributed by atoms with van der Waals surface area (Å²) in [4.78, 5) is 60.2. The second-order valence-corrected chi connectivity index (χ2v) is 8.58. The minimum atomic E-state index is -0.985. The Hall–Kier alpha value is -3.43. The summed E-state index contributed by atoms with van der Waals surface area (Å²) in [6, 6.07) is 7.21. The van der Waals surface area contributed by atoms with Gasteiger partial charge in [-0.2, -0.15) is 0 Å². The fourth-order valence-corrected chi connectivity index (χ4v) is 2.88. The molecule has 0 unspecified atom stereocenters. The lowest BCUT2D eigenvalue weighted by Crippen LogP contribution is -2.57. The number of benzene rings is 1. The first-order valence-corrected chi connectivity index (χ1v) is 10.9. The van der Waals surface area contributed by atoms with Gasteiger partial charge in [0, 0.05) is 6.92 Å². The molecule has 1 rings (SSSR count). The third-order valence-corrected chi connectivity index (χ3v) is 4.49. The molecule has 10 nitrogen and oxygen atoms in total. The van der Waals surface area contributed by atoms with Gasteiger partial charge in [0.15, 0.2) is 0 Å². The lowest BCUT2D eigenvalue weighted by Gasteiger charge is -2.25. The van der Waals surface area contributed by atoms with Gasteiger partial charge in [-0.05, 0) is 30.2 Å². The van der Waals surface area contributed by atoms with Crippen LogP contribution in [0.4, 0.5) is 4.79 Å². The van der Waals surface area contributed by atoms with Gasteiger partial charge in [-0.25, -0.2) is 4.79 Å². The fourth-order valence-electron chi connectivity index (χ4n) is 2.88. The van der Waals surface area contributed by atoms with E-state index >= 15 is 0 Å². The van der Waals surface area contributed by atoms with Crippen molar-refractivity contribution in [2.24, 2.45) is 11.8 Å². The molecule has 182 valence electrons. The van der Waals surface area contributed by atoms with E-state index < -0.39 is 41.7 Å². The molecule has 0 fully saturated rings. The minimum absolute atomic E-state index is 0.0388. The van der Waals surface area contributed by atoms with Gasteiger partial charge < -0.3 is 15.4 Å². The Morgan fingerprint density at radius 1 is 0.788 bits per heavy atom. The van der Waals surface area contributed by atoms with Crippen molar-refractivity contribution >= 4 is 29.6 Å². The number of hydrogen-bond donors (Lipinski definition) is 4. The van der Waals surface area contributed by atoms with Crippen molar-refractivity contribution in [3.05, 3.63) is 35.9 Å². The van der Waals surface area contributed by atoms with Gasteiger partial charge in [0.1, 0.15) is 18.7 Å². The van der Waals surface area contributed by atoms with Gasteiger partial charge in [-0.1, -0.05) is 58.0 Å². The molecule has 4 amide bonds. The van der Waals surface area contributed by atoms with E-state index in [1.165, 1.54) is 0 Å². The maximum Gasteiger partial charge on any atom is 0.408 e. The molecular formula is C23H34N4O6. The molecule has 1 aromatic carbocycles. The number of ketones is 1. The number of carbonyl (C=O) groups is 5. The summed E-state index contributed by atoms with van der Waals surface area (Å²) in [7, 11) is 0. The molecule has 1 aromatic rings. The third-order valence-electron chi connectivity index (χ3n) is 4.49. The van der Waals surface area contributed by atoms with Gasteiger partial charge in [-0.3, -0.25) is 30.0 Å². The number of amides is 4. The number of carbonyl (C=O) groups excluding carboxylic acids is 5. The van der Waals surface area contributed by atoms with Crippen LogP contribution in [0.25, 0.3) is 0 Å². The summed E-state index contributed by atoms with van der Waals surface area (Å²) in [6.45, 7) is 8.64. The quantitative estimate of drug-likeness (QED) is 0.291. The van der Waals surface area contributed by atoms with E-state index in [2.05, 4.69) is 16.1 Å². The lowest BCUT2D eigenvalue weighted by molar-refractivity contribution is -0.139. The van der Waals surface area contributed by atoms with Crippen LogP contribution in [0.1, 0.15) is 53.0 Å². The molecule has 0 spiro atoms. The van der Waals surface area contributed by atoms with Crippen LogP contribution in [0.2, 0.25) is 0 Å². The van der Waals surface area contributed by atoms with Gasteiger partial charge in [0.05, 0.1) is 0 Å². The van der Waals surface area contributed by atoms with Crippen LogP contribution in [-0.4, -0.2) is 41.7 Å². The van der Waals surface area contributed by atoms with E-state index in [9.17, 15) is 24.0 Å². The highest BCUT2D eigenvalue weighted by molar-refractivity contribution is 6.35. The molecule has 0 saturated heterocycles. The molecule has 0 aromatic heterocycles. The summed E-state index contributed by atoms with van der Waals surface area (Å²) >= 11 is 0. The molecule has 0 aliphatic rings. The van der Waals surface area contributed by atoms with Crippen molar-refractivity contribution in [2.45, 2.75) is 66.2 Å². The zero-order valence-corrected chi connectivity index (χ0v) is 19.8. The van der Waals surface area contributed by atoms with Crippen LogP contribution in [-0.2, 0) is 30.5 Å². The zero-order chi connectivity index (χ0) is 25.0. The van der Waals surface area contributed by atoms with Crippen LogP contribution in [0.5, 0.6) is 0 Å². The maximum absolute atomic E-state index is 12.9. The van der Waals surface area contributed by atoms with Crippen LogP contribution in [0, 0.1) is 11.8 Å². The number of ether oxygens (including phenoxy) is 1. The zero-order valence-electron chi connectivity index (χ0n) is 19.8. The molecule has 2 atom stereocenters. The Morgan fingerprint density at radius 3 is 1.85 bits per heavy atom. The third kappa shape index (κ3) is 11.1. The molecule has 0 bridgehead atoms. The summed E-state index contributed by atoms with van der Waals surface area (Å²) in [6.07, 6.45) is -0.151. The molecule has 33 heavy (non-hydrogen) atoms. The topological polar surface area (TPSA) is 143 Å². The van der Waals surface area contributed by atoms with Crippen LogP contribution in [0.15, 0.2) is 30.3 Å². The predicted octanol–water partition coefficient (Wildman–Crippen LogP) is 1.59. The first kappa shape index (κ1) is 27.6. The smallest absolute Gasteiger partial charge is 0.408 e. The van der Waals surface area contributed by atoms with E-state index in [1.807, 2.05) is 63.5 Å². The Kier molecular flexibility index (Phi) is 11.6. The van der Waals surface area contributed by atoms with Gasteiger partial charge >= 0.3 is 12.0 Å². The standard InChI is InChI=1S/C23H34N4O6/c1-14(2)11-18(25-23(32)33-13-17-9-7-6-8-10-17)21(30)24-19(12-15(3)4)22(31)27-26-20(29)16(5)28/h6-10,14-15,18-19H,11-13H2,1-5H3,(H,24,30)(H,25,32)(H,26,29)(H,27,31)/t18-,19-/m0/s1. The monoisotopic (exact) mass is 462 g/mol. The SMILES string of the molecule is CC(=O)C(=O)NNC(=O)[C@H](CC(C)C)NC(=O)[C@H](CC(C)C)NC(=O)OCc1ccccc1. The second-order valence-electron chi connectivity index (χ2n) is 8.58. The number of hydrogen-bond acceptors (Lipinski definition) is 6. The average Bonchev–Trinajstić information content (AvgIpc) is 2.74. The fraction of sp³-hybridized carbons (Fsp3) is 0.522. The molecule has 10 heteroatoms. The molecule has 4 N–H and O–H groups in total. The molecule has 0 aliphatic heterocycles. The van der Waals surface area contributed by atoms with E-state index in [4.69, 9.17) is 4.74 Å². The first-order chi connectivity index (χ1) is 15.5. The van der Waals surface area contributed by atoms with Crippen LogP contribution >= 0.6 is 0 Å². The number of Topliss-reactive ketones (excluding diaryl/α,β-unsaturated/α-hetero) is 1. The molecule has 0 aliphatic carbocycles. The van der Waals surface area contributed by atoms with Crippen molar-refractivity contribution in [3.63, 3.8) is 0 Å². The van der Waals surface area contributed by atoms with Crippen LogP contribution in [0.3, 0.4) is 0 Å². The van der Waals surface area contributed by atoms with Crippen molar-refractivity contribution in [1.29, 1.82) is 0 Å². The Morgan fingerprint density at radius 2 is 1.33 bits per heavy atom. The summed E-state index contributed by atoms with van der Waals surface area (Å²) in [5.41, 5.74) is 4.96. The Balaban J connectivity index is 2.79. The maximum atomic E-state index is 12.9. The summed E-state index contributed by atoms with van der Waals surface area (Å²) in [5, 5.41) is 5.19. The molecule has 0 heterocycles. The second kappa shape index (κ2) is 13.9. The minimum Gasteiger partial charge on any atom is -0.445 e. The van der Waals surface area contributed by atoms with Gasteiger partial charge in [0.2, 0.25) is 11.7 Å². The summed E-state index contributed by atoms with van der Waals surface area (Å²) in [5.74, 6) is -2.87. The van der Waals surface area contributed by atoms with Crippen molar-refractivity contribution < 1.29 is 28.7 Å². The molecular weight excluding hydrogens is 428 g/mol. The van der Waals surface area contributed by atoms with E-state index in [0.717, 1.165) is 12.5 Å². The Labute approximate surface area is 194 Å². The highest BCUT2D eigenvalue weighted by Crippen LogP contribution is 2.09. The van der Waals surface area contributed by atoms with Crippen molar-refractivity contribution in [2.75, 3.05) is 0 Å². The van der Waals surface area contributed by atoms with E-state index in [0.29, 0.717) is 6.42 Å². The van der Waals surface area contributed by atoms with Crippen LogP contribution < -0.4 is 21.5 Å². The number of nitrogens with one attached hydrogen (secondary N) is 4. The Bertz CT molecular complexity index is 826. The number of hydrazine groups is 1. The predicted molar refractivity (Wildman–Crippen MR) is 121 cm³/mol.